The number of nitrogens with one attached hydrogen (secondary N) is 1. The van der Waals surface area contributed by atoms with Crippen molar-refractivity contribution in [3.8, 4) is 5.75 Å². The van der Waals surface area contributed by atoms with E-state index in [-0.39, 0.29) is 6.42 Å². The Kier molecular flexibility index (Phi) is 5.66. The second-order valence-corrected chi connectivity index (χ2v) is 4.83. The van der Waals surface area contributed by atoms with Gasteiger partial charge in [-0.3, -0.25) is 0 Å². The summed E-state index contributed by atoms with van der Waals surface area (Å²) in [5.74, 6) is 0.300. The van der Waals surface area contributed by atoms with Crippen LogP contribution in [0.4, 0.5) is 13.2 Å². The van der Waals surface area contributed by atoms with Crippen LogP contribution in [0.2, 0.25) is 0 Å². The van der Waals surface area contributed by atoms with Crippen molar-refractivity contribution < 1.29 is 18.3 Å². The Morgan fingerprint density at radius 1 is 1.11 bits per heavy atom. The van der Waals surface area contributed by atoms with E-state index >= 15 is 0 Å². The maximum Gasteiger partial charge on any atom is 0.389 e. The second-order valence-electron chi connectivity index (χ2n) is 4.83. The number of aryl methyl sites for hydroxylation is 2. The highest BCUT2D eigenvalue weighted by atomic mass is 19.4. The first kappa shape index (κ1) is 15.8. The van der Waals surface area contributed by atoms with Gasteiger partial charge in [0.25, 0.3) is 0 Å². The van der Waals surface area contributed by atoms with Crippen LogP contribution in [0.5, 0.6) is 5.75 Å². The van der Waals surface area contributed by atoms with Gasteiger partial charge in [0.05, 0.1) is 0 Å². The van der Waals surface area contributed by atoms with Gasteiger partial charge in [0.1, 0.15) is 5.75 Å². The maximum atomic E-state index is 11.9. The highest BCUT2D eigenvalue weighted by Gasteiger charge is 2.25. The van der Waals surface area contributed by atoms with Gasteiger partial charge in [0, 0.05) is 13.0 Å². The minimum atomic E-state index is -4.05. The summed E-state index contributed by atoms with van der Waals surface area (Å²) in [4.78, 5) is 0. The molecule has 2 nitrogen and oxygen atoms in total. The van der Waals surface area contributed by atoms with Crippen LogP contribution in [0.3, 0.4) is 0 Å². The third-order valence-corrected chi connectivity index (χ3v) is 2.94. The first-order valence-electron chi connectivity index (χ1n) is 6.36. The smallest absolute Gasteiger partial charge is 0.389 e. The molecule has 0 radical (unpaired) electrons. The van der Waals surface area contributed by atoms with Crippen LogP contribution in [0.25, 0.3) is 0 Å². The lowest BCUT2D eigenvalue weighted by atomic mass is 10.1. The minimum absolute atomic E-state index is 0.157. The molecule has 5 heteroatoms. The van der Waals surface area contributed by atoms with Crippen LogP contribution in [-0.2, 0) is 6.54 Å². The van der Waals surface area contributed by atoms with Crippen molar-refractivity contribution >= 4 is 0 Å². The number of alkyl halides is 3. The normalized spacial score (nSPS) is 11.8. The van der Waals surface area contributed by atoms with Crippen molar-refractivity contribution in [2.45, 2.75) is 45.8 Å². The van der Waals surface area contributed by atoms with E-state index in [2.05, 4.69) is 5.32 Å². The molecule has 1 aromatic carbocycles. The highest BCUT2D eigenvalue weighted by Crippen LogP contribution is 2.23. The lowest BCUT2D eigenvalue weighted by Gasteiger charge is -2.09. The van der Waals surface area contributed by atoms with Crippen LogP contribution < -0.4 is 5.32 Å². The van der Waals surface area contributed by atoms with Crippen molar-refractivity contribution in [1.29, 1.82) is 0 Å². The Bertz CT molecular complexity index is 393. The summed E-state index contributed by atoms with van der Waals surface area (Å²) in [7, 11) is 0. The molecule has 0 heterocycles. The predicted octanol–water partition coefficient (Wildman–Crippen LogP) is 3.83. The molecule has 108 valence electrons. The van der Waals surface area contributed by atoms with Gasteiger partial charge in [0.2, 0.25) is 0 Å². The Labute approximate surface area is 111 Å². The fraction of sp³-hybridized carbons (Fsp3) is 0.571. The number of aromatic hydroxyl groups is 1. The van der Waals surface area contributed by atoms with Crippen molar-refractivity contribution in [2.75, 3.05) is 6.54 Å². The zero-order valence-electron chi connectivity index (χ0n) is 11.3. The van der Waals surface area contributed by atoms with Crippen LogP contribution >= 0.6 is 0 Å². The van der Waals surface area contributed by atoms with Crippen molar-refractivity contribution in [1.82, 2.24) is 5.32 Å². The van der Waals surface area contributed by atoms with Gasteiger partial charge < -0.3 is 10.4 Å². The van der Waals surface area contributed by atoms with Crippen molar-refractivity contribution in [3.05, 3.63) is 28.8 Å². The highest BCUT2D eigenvalue weighted by molar-refractivity contribution is 5.42. The van der Waals surface area contributed by atoms with E-state index < -0.39 is 12.6 Å². The summed E-state index contributed by atoms with van der Waals surface area (Å²) >= 11 is 0. The molecule has 0 saturated carbocycles. The molecule has 0 aliphatic carbocycles. The molecule has 0 spiro atoms. The number of unbranched alkanes of at least 4 members (excludes halogenated alkanes) is 1. The average Bonchev–Trinajstić information content (AvgIpc) is 2.29. The summed E-state index contributed by atoms with van der Waals surface area (Å²) in [5.41, 5.74) is 2.66. The molecular weight excluding hydrogens is 255 g/mol. The number of rotatable bonds is 6. The number of phenols is 1. The standard InChI is InChI=1S/C14H20F3NO/c1-10-7-12(8-11(2)13(10)19)9-18-6-4-3-5-14(15,16)17/h7-8,18-19H,3-6,9H2,1-2H3. The van der Waals surface area contributed by atoms with Crippen molar-refractivity contribution in [2.24, 2.45) is 0 Å². The second kappa shape index (κ2) is 6.80. The molecule has 0 unspecified atom stereocenters. The Morgan fingerprint density at radius 2 is 1.68 bits per heavy atom. The van der Waals surface area contributed by atoms with Gasteiger partial charge in [-0.15, -0.1) is 0 Å². The lowest BCUT2D eigenvalue weighted by Crippen LogP contribution is -2.16. The third kappa shape index (κ3) is 5.96. The van der Waals surface area contributed by atoms with Gasteiger partial charge >= 0.3 is 6.18 Å². The van der Waals surface area contributed by atoms with E-state index in [1.54, 1.807) is 0 Å². The topological polar surface area (TPSA) is 32.3 Å². The van der Waals surface area contributed by atoms with E-state index in [1.165, 1.54) is 0 Å². The Morgan fingerprint density at radius 3 is 2.21 bits per heavy atom. The van der Waals surface area contributed by atoms with Crippen LogP contribution in [0, 0.1) is 13.8 Å². The quantitative estimate of drug-likeness (QED) is 0.773. The zero-order valence-corrected chi connectivity index (χ0v) is 11.3. The molecule has 2 N–H and O–H groups in total. The molecule has 0 atom stereocenters. The first-order valence-corrected chi connectivity index (χ1v) is 6.36. The summed E-state index contributed by atoms with van der Waals surface area (Å²) in [5, 5.41) is 12.7. The summed E-state index contributed by atoms with van der Waals surface area (Å²) in [6, 6.07) is 3.76. The van der Waals surface area contributed by atoms with Gasteiger partial charge in [0.15, 0.2) is 0 Å². The van der Waals surface area contributed by atoms with E-state index in [4.69, 9.17) is 0 Å². The molecule has 0 aliphatic rings. The summed E-state index contributed by atoms with van der Waals surface area (Å²) in [6.45, 7) is 4.83. The largest absolute Gasteiger partial charge is 0.507 e. The van der Waals surface area contributed by atoms with E-state index in [0.29, 0.717) is 25.3 Å². The SMILES string of the molecule is Cc1cc(CNCCCCC(F)(F)F)cc(C)c1O. The van der Waals surface area contributed by atoms with Crippen molar-refractivity contribution in [3.63, 3.8) is 0 Å². The van der Waals surface area contributed by atoms with E-state index in [9.17, 15) is 18.3 Å². The fourth-order valence-corrected chi connectivity index (χ4v) is 1.96. The molecule has 19 heavy (non-hydrogen) atoms. The summed E-state index contributed by atoms with van der Waals surface area (Å²) < 4.78 is 35.7. The maximum absolute atomic E-state index is 11.9. The molecule has 0 bridgehead atoms. The molecule has 0 aromatic heterocycles. The Balaban J connectivity index is 2.27. The monoisotopic (exact) mass is 275 g/mol. The van der Waals surface area contributed by atoms with E-state index in [1.807, 2.05) is 26.0 Å². The lowest BCUT2D eigenvalue weighted by molar-refractivity contribution is -0.135. The molecule has 1 aromatic rings. The molecule has 0 aliphatic heterocycles. The molecule has 1 rings (SSSR count). The molecule has 0 amide bonds. The number of phenolic OH excluding ortho intramolecular Hbond substituents is 1. The first-order chi connectivity index (χ1) is 8.79. The van der Waals surface area contributed by atoms with Gasteiger partial charge in [-0.05, 0) is 49.9 Å². The van der Waals surface area contributed by atoms with Crippen LogP contribution in [0.15, 0.2) is 12.1 Å². The average molecular weight is 275 g/mol. The fourth-order valence-electron chi connectivity index (χ4n) is 1.96. The third-order valence-electron chi connectivity index (χ3n) is 2.94. The Hall–Kier alpha value is -1.23. The van der Waals surface area contributed by atoms with Crippen LogP contribution in [0.1, 0.15) is 36.0 Å². The number of benzene rings is 1. The number of hydrogen-bond acceptors (Lipinski definition) is 2. The van der Waals surface area contributed by atoms with Gasteiger partial charge in [-0.25, -0.2) is 0 Å². The van der Waals surface area contributed by atoms with Gasteiger partial charge in [-0.2, -0.15) is 13.2 Å². The number of halogens is 3. The van der Waals surface area contributed by atoms with Gasteiger partial charge in [-0.1, -0.05) is 12.1 Å². The molecule has 0 saturated heterocycles. The predicted molar refractivity (Wildman–Crippen MR) is 69.2 cm³/mol. The zero-order chi connectivity index (χ0) is 14.5. The number of hydrogen-bond donors (Lipinski definition) is 2. The van der Waals surface area contributed by atoms with Crippen LogP contribution in [-0.4, -0.2) is 17.8 Å². The van der Waals surface area contributed by atoms with E-state index in [0.717, 1.165) is 16.7 Å². The molecule has 0 fully saturated rings. The molecular formula is C14H20F3NO. The minimum Gasteiger partial charge on any atom is -0.507 e. The summed E-state index contributed by atoms with van der Waals surface area (Å²) in [6.07, 6.45) is -4.10.